The number of hydrogen-bond acceptors (Lipinski definition) is 3. The molecule has 1 aromatic heterocycles. The highest BCUT2D eigenvalue weighted by molar-refractivity contribution is 7.71. The van der Waals surface area contributed by atoms with E-state index in [0.717, 1.165) is 4.57 Å². The monoisotopic (exact) mass is 357 g/mol. The van der Waals surface area contributed by atoms with Crippen LogP contribution in [0.15, 0.2) is 17.1 Å². The highest BCUT2D eigenvalue weighted by atomic mass is 35.6. The Hall–Kier alpha value is -0.560. The molecule has 112 valence electrons. The van der Waals surface area contributed by atoms with Crippen LogP contribution in [0.5, 0.6) is 0 Å². The van der Waals surface area contributed by atoms with E-state index < -0.39 is 20.9 Å². The summed E-state index contributed by atoms with van der Waals surface area (Å²) in [6.45, 7) is 5.10. The SMILES string of the molecule is CC(C)(C)C(=O)NC(n1c(=O)cc[nH]c1=S)C(Cl)(Cl)Cl. The first-order chi connectivity index (χ1) is 8.94. The lowest BCUT2D eigenvalue weighted by molar-refractivity contribution is -0.129. The number of amides is 1. The van der Waals surface area contributed by atoms with Gasteiger partial charge >= 0.3 is 0 Å². The molecule has 0 saturated heterocycles. The topological polar surface area (TPSA) is 66.9 Å². The lowest BCUT2D eigenvalue weighted by Gasteiger charge is -2.30. The summed E-state index contributed by atoms with van der Waals surface area (Å²) in [6, 6.07) is 1.22. The van der Waals surface area contributed by atoms with Crippen LogP contribution in [-0.2, 0) is 4.79 Å². The van der Waals surface area contributed by atoms with Gasteiger partial charge in [0.05, 0.1) is 0 Å². The Kier molecular flexibility index (Phi) is 5.29. The smallest absolute Gasteiger partial charge is 0.256 e. The van der Waals surface area contributed by atoms with Gasteiger partial charge in [0, 0.05) is 17.7 Å². The van der Waals surface area contributed by atoms with Crippen LogP contribution in [0.2, 0.25) is 0 Å². The van der Waals surface area contributed by atoms with Gasteiger partial charge in [-0.25, -0.2) is 0 Å². The van der Waals surface area contributed by atoms with Gasteiger partial charge in [-0.15, -0.1) is 0 Å². The minimum Gasteiger partial charge on any atom is -0.339 e. The molecule has 1 aromatic rings. The van der Waals surface area contributed by atoms with Crippen molar-refractivity contribution in [2.24, 2.45) is 5.41 Å². The second kappa shape index (κ2) is 6.05. The van der Waals surface area contributed by atoms with E-state index in [2.05, 4.69) is 10.3 Å². The zero-order valence-corrected chi connectivity index (χ0v) is 14.1. The van der Waals surface area contributed by atoms with Gasteiger partial charge in [-0.2, -0.15) is 0 Å². The maximum absolute atomic E-state index is 12.1. The number of nitrogens with zero attached hydrogens (tertiary/aromatic N) is 1. The minimum absolute atomic E-state index is 0.0445. The molecule has 0 saturated carbocycles. The highest BCUT2D eigenvalue weighted by Crippen LogP contribution is 2.36. The molecule has 5 nitrogen and oxygen atoms in total. The second-order valence-corrected chi connectivity index (χ2v) is 7.91. The van der Waals surface area contributed by atoms with E-state index in [1.165, 1.54) is 12.3 Å². The predicted molar refractivity (Wildman–Crippen MR) is 82.8 cm³/mol. The first-order valence-electron chi connectivity index (χ1n) is 5.62. The van der Waals surface area contributed by atoms with Crippen LogP contribution in [0.3, 0.4) is 0 Å². The van der Waals surface area contributed by atoms with Crippen molar-refractivity contribution < 1.29 is 4.79 Å². The number of aromatic nitrogens is 2. The molecule has 0 aliphatic rings. The maximum Gasteiger partial charge on any atom is 0.256 e. The number of nitrogens with one attached hydrogen (secondary N) is 2. The Morgan fingerprint density at radius 2 is 1.95 bits per heavy atom. The molecule has 20 heavy (non-hydrogen) atoms. The largest absolute Gasteiger partial charge is 0.339 e. The zero-order chi connectivity index (χ0) is 15.7. The summed E-state index contributed by atoms with van der Waals surface area (Å²) in [5.74, 6) is -0.376. The van der Waals surface area contributed by atoms with Gasteiger partial charge in [-0.1, -0.05) is 55.6 Å². The molecule has 1 unspecified atom stereocenters. The van der Waals surface area contributed by atoms with Crippen molar-refractivity contribution >= 4 is 52.9 Å². The van der Waals surface area contributed by atoms with Gasteiger partial charge in [0.1, 0.15) is 0 Å². The molecule has 1 atom stereocenters. The Balaban J connectivity index is 3.33. The van der Waals surface area contributed by atoms with Gasteiger partial charge in [-0.05, 0) is 12.2 Å². The summed E-state index contributed by atoms with van der Waals surface area (Å²) in [6.07, 6.45) is 0.166. The fraction of sp³-hybridized carbons (Fsp3) is 0.545. The van der Waals surface area contributed by atoms with E-state index in [-0.39, 0.29) is 10.7 Å². The number of hydrogen-bond donors (Lipinski definition) is 2. The lowest BCUT2D eigenvalue weighted by Crippen LogP contribution is -2.48. The number of alkyl halides is 3. The van der Waals surface area contributed by atoms with E-state index in [4.69, 9.17) is 47.0 Å². The van der Waals surface area contributed by atoms with Crippen molar-refractivity contribution in [3.05, 3.63) is 27.4 Å². The van der Waals surface area contributed by atoms with Crippen LogP contribution < -0.4 is 10.9 Å². The van der Waals surface area contributed by atoms with Gasteiger partial charge in [-0.3, -0.25) is 14.2 Å². The molecule has 1 rings (SSSR count). The summed E-state index contributed by atoms with van der Waals surface area (Å²) < 4.78 is -0.873. The molecule has 0 fully saturated rings. The summed E-state index contributed by atoms with van der Waals surface area (Å²) in [5.41, 5.74) is -1.20. The van der Waals surface area contributed by atoms with E-state index in [1.54, 1.807) is 20.8 Å². The Morgan fingerprint density at radius 1 is 1.40 bits per heavy atom. The normalized spacial score (nSPS) is 13.9. The van der Waals surface area contributed by atoms with Crippen LogP contribution >= 0.6 is 47.0 Å². The molecule has 0 aromatic carbocycles. The minimum atomic E-state index is -1.94. The molecular weight excluding hydrogens is 345 g/mol. The Morgan fingerprint density at radius 3 is 2.35 bits per heavy atom. The molecule has 2 N–H and O–H groups in total. The molecule has 0 bridgehead atoms. The van der Waals surface area contributed by atoms with Gasteiger partial charge in [0.25, 0.3) is 5.56 Å². The fourth-order valence-corrected chi connectivity index (χ4v) is 2.03. The zero-order valence-electron chi connectivity index (χ0n) is 11.0. The molecule has 1 amide bonds. The summed E-state index contributed by atoms with van der Waals surface area (Å²) in [4.78, 5) is 26.6. The number of H-pyrrole nitrogens is 1. The van der Waals surface area contributed by atoms with Crippen molar-refractivity contribution in [1.82, 2.24) is 14.9 Å². The predicted octanol–water partition coefficient (Wildman–Crippen LogP) is 2.94. The Labute approximate surface area is 136 Å². The number of carbonyl (C=O) groups is 1. The number of rotatable bonds is 2. The third-order valence-electron chi connectivity index (χ3n) is 2.41. The maximum atomic E-state index is 12.1. The quantitative estimate of drug-likeness (QED) is 0.631. The standard InChI is InChI=1S/C11H14Cl3N3O2S/c1-10(2,3)8(19)16-7(11(12,13)14)17-6(18)4-5-15-9(17)20/h4-5,7H,1-3H3,(H,15,20)(H,16,19). The third kappa shape index (κ3) is 4.22. The average molecular weight is 359 g/mol. The molecule has 9 heteroatoms. The van der Waals surface area contributed by atoms with Gasteiger partial charge < -0.3 is 10.3 Å². The summed E-state index contributed by atoms with van der Waals surface area (Å²) in [7, 11) is 0. The van der Waals surface area contributed by atoms with E-state index in [1.807, 2.05) is 0 Å². The first-order valence-corrected chi connectivity index (χ1v) is 7.16. The fourth-order valence-electron chi connectivity index (χ4n) is 1.31. The van der Waals surface area contributed by atoms with Crippen molar-refractivity contribution in [1.29, 1.82) is 0 Å². The molecule has 0 aliphatic heterocycles. The van der Waals surface area contributed by atoms with Crippen LogP contribution in [-0.4, -0.2) is 19.3 Å². The molecule has 0 aliphatic carbocycles. The van der Waals surface area contributed by atoms with Crippen LogP contribution in [0, 0.1) is 10.2 Å². The number of carbonyl (C=O) groups excluding carboxylic acids is 1. The van der Waals surface area contributed by atoms with Gasteiger partial charge in [0.15, 0.2) is 10.9 Å². The van der Waals surface area contributed by atoms with Crippen molar-refractivity contribution in [2.45, 2.75) is 30.7 Å². The van der Waals surface area contributed by atoms with Crippen LogP contribution in [0.4, 0.5) is 0 Å². The van der Waals surface area contributed by atoms with E-state index in [9.17, 15) is 9.59 Å². The number of halogens is 3. The Bertz CT molecular complexity index is 585. The average Bonchev–Trinajstić information content (AvgIpc) is 2.24. The third-order valence-corrected chi connectivity index (χ3v) is 3.34. The molecule has 0 spiro atoms. The highest BCUT2D eigenvalue weighted by Gasteiger charge is 2.38. The van der Waals surface area contributed by atoms with Crippen molar-refractivity contribution in [3.8, 4) is 0 Å². The van der Waals surface area contributed by atoms with Crippen LogP contribution in [0.1, 0.15) is 26.9 Å². The first kappa shape index (κ1) is 17.5. The van der Waals surface area contributed by atoms with Crippen molar-refractivity contribution in [2.75, 3.05) is 0 Å². The molecular formula is C11H14Cl3N3O2S. The van der Waals surface area contributed by atoms with Crippen molar-refractivity contribution in [3.63, 3.8) is 0 Å². The van der Waals surface area contributed by atoms with Crippen LogP contribution in [0.25, 0.3) is 0 Å². The van der Waals surface area contributed by atoms with Gasteiger partial charge in [0.2, 0.25) is 9.70 Å². The lowest BCUT2D eigenvalue weighted by atomic mass is 9.95. The summed E-state index contributed by atoms with van der Waals surface area (Å²) in [5, 5.41) is 2.54. The molecule has 1 heterocycles. The van der Waals surface area contributed by atoms with E-state index >= 15 is 0 Å². The summed E-state index contributed by atoms with van der Waals surface area (Å²) >= 11 is 22.6. The number of aromatic amines is 1. The molecule has 0 radical (unpaired) electrons. The van der Waals surface area contributed by atoms with E-state index in [0.29, 0.717) is 0 Å². The second-order valence-electron chi connectivity index (χ2n) is 5.16.